The number of nitrogens with zero attached hydrogens (tertiary/aromatic N) is 6. The van der Waals surface area contributed by atoms with Crippen molar-refractivity contribution in [1.82, 2.24) is 29.8 Å². The van der Waals surface area contributed by atoms with E-state index in [1.54, 1.807) is 10.6 Å². The van der Waals surface area contributed by atoms with Gasteiger partial charge in [0.25, 0.3) is 0 Å². The number of piperidine rings is 3. The number of hydrogen-bond acceptors (Lipinski definition) is 7. The quantitative estimate of drug-likeness (QED) is 0.634. The second-order valence-corrected chi connectivity index (χ2v) is 9.52. The highest BCUT2D eigenvalue weighted by Gasteiger charge is 2.35. The van der Waals surface area contributed by atoms with E-state index < -0.39 is 6.09 Å². The third-order valence-corrected chi connectivity index (χ3v) is 7.48. The van der Waals surface area contributed by atoms with E-state index >= 15 is 0 Å². The van der Waals surface area contributed by atoms with Crippen LogP contribution in [0.3, 0.4) is 0 Å². The van der Waals surface area contributed by atoms with Crippen LogP contribution in [0.25, 0.3) is 5.65 Å². The number of halogens is 1. The number of aromatic nitrogens is 4. The van der Waals surface area contributed by atoms with E-state index in [2.05, 4.69) is 25.2 Å². The van der Waals surface area contributed by atoms with Gasteiger partial charge in [0.05, 0.1) is 18.4 Å². The highest BCUT2D eigenvalue weighted by atomic mass is 19.1. The summed E-state index contributed by atoms with van der Waals surface area (Å²) in [5, 5.41) is 7.33. The Morgan fingerprint density at radius 2 is 2.06 bits per heavy atom. The second-order valence-electron chi connectivity index (χ2n) is 9.52. The summed E-state index contributed by atoms with van der Waals surface area (Å²) in [5.41, 5.74) is 2.17. The van der Waals surface area contributed by atoms with Crippen molar-refractivity contribution < 1.29 is 13.9 Å². The van der Waals surface area contributed by atoms with E-state index in [1.807, 2.05) is 19.2 Å². The Hall–Kier alpha value is -3.27. The number of fused-ring (bicyclic) bond motifs is 4. The lowest BCUT2D eigenvalue weighted by atomic mass is 9.84. The van der Waals surface area contributed by atoms with Crippen LogP contribution >= 0.6 is 0 Å². The molecular formula is C24H28FN7O2. The minimum Gasteiger partial charge on any atom is -0.405 e. The van der Waals surface area contributed by atoms with E-state index in [4.69, 9.17) is 9.72 Å². The number of ether oxygens (including phenoxy) is 1. The van der Waals surface area contributed by atoms with Crippen LogP contribution in [-0.4, -0.2) is 62.8 Å². The maximum absolute atomic E-state index is 13.9. The molecule has 2 bridgehead atoms. The van der Waals surface area contributed by atoms with Crippen LogP contribution < -0.4 is 15.0 Å². The number of pyridine rings is 1. The molecule has 34 heavy (non-hydrogen) atoms. The van der Waals surface area contributed by atoms with Crippen LogP contribution in [0.1, 0.15) is 43.0 Å². The topological polar surface area (TPSA) is 87.9 Å². The van der Waals surface area contributed by atoms with Crippen LogP contribution in [-0.2, 0) is 0 Å². The molecule has 1 amide bonds. The average Bonchev–Trinajstić information content (AvgIpc) is 3.48. The van der Waals surface area contributed by atoms with Crippen molar-refractivity contribution in [2.24, 2.45) is 5.92 Å². The Morgan fingerprint density at radius 1 is 1.21 bits per heavy atom. The summed E-state index contributed by atoms with van der Waals surface area (Å²) in [6, 6.07) is 3.56. The van der Waals surface area contributed by atoms with Gasteiger partial charge in [-0.15, -0.1) is 0 Å². The molecule has 0 aliphatic carbocycles. The lowest BCUT2D eigenvalue weighted by Crippen LogP contribution is -2.57. The predicted molar refractivity (Wildman–Crippen MR) is 123 cm³/mol. The van der Waals surface area contributed by atoms with Gasteiger partial charge in [-0.1, -0.05) is 0 Å². The lowest BCUT2D eigenvalue weighted by Gasteiger charge is -2.44. The highest BCUT2D eigenvalue weighted by molar-refractivity contribution is 5.73. The normalized spacial score (nSPS) is 26.2. The number of nitrogens with one attached hydrogen (secondary N) is 1. The van der Waals surface area contributed by atoms with E-state index in [-0.39, 0.29) is 17.9 Å². The SMILES string of the molecule is Cc1ncc(F)cc1[C@H]1CCCN1c1ccn2ncc(OC(=O)N[C@H]3CN4CCC3CC4)c2n1. The molecule has 4 aliphatic heterocycles. The van der Waals surface area contributed by atoms with Crippen molar-refractivity contribution in [3.63, 3.8) is 0 Å². The Kier molecular flexibility index (Phi) is 5.32. The standard InChI is InChI=1S/C24H28FN7O2/c1-15-18(11-17(25)12-26-15)20-3-2-7-31(20)22-6-10-32-23(29-22)21(13-27-32)34-24(33)28-19-14-30-8-4-16(19)5-9-30/h6,10-13,16,19-20H,2-5,7-9,14H2,1H3,(H,28,33)/t19-,20+/m0/s1. The molecular weight excluding hydrogens is 437 g/mol. The van der Waals surface area contributed by atoms with Crippen molar-refractivity contribution in [2.75, 3.05) is 31.1 Å². The van der Waals surface area contributed by atoms with Gasteiger partial charge in [-0.25, -0.2) is 18.7 Å². The molecule has 4 saturated heterocycles. The van der Waals surface area contributed by atoms with Crippen LogP contribution in [0.4, 0.5) is 15.0 Å². The first-order valence-electron chi connectivity index (χ1n) is 12.0. The zero-order valence-corrected chi connectivity index (χ0v) is 19.2. The molecule has 1 N–H and O–H groups in total. The van der Waals surface area contributed by atoms with Crippen LogP contribution in [0.15, 0.2) is 30.7 Å². The summed E-state index contributed by atoms with van der Waals surface area (Å²) in [6.45, 7) is 5.80. The van der Waals surface area contributed by atoms with Gasteiger partial charge in [0.2, 0.25) is 5.65 Å². The fourth-order valence-electron chi connectivity index (χ4n) is 5.70. The van der Waals surface area contributed by atoms with Crippen molar-refractivity contribution in [1.29, 1.82) is 0 Å². The minimum absolute atomic E-state index is 0.00883. The fraction of sp³-hybridized carbons (Fsp3) is 0.500. The number of rotatable bonds is 4. The molecule has 7 heterocycles. The molecule has 0 saturated carbocycles. The predicted octanol–water partition coefficient (Wildman–Crippen LogP) is 3.10. The minimum atomic E-state index is -0.471. The maximum atomic E-state index is 13.9. The first kappa shape index (κ1) is 21.3. The van der Waals surface area contributed by atoms with Crippen molar-refractivity contribution in [3.8, 4) is 5.75 Å². The van der Waals surface area contributed by atoms with Crippen LogP contribution in [0.2, 0.25) is 0 Å². The number of carbonyl (C=O) groups excluding carboxylic acids is 1. The van der Waals surface area contributed by atoms with Crippen LogP contribution in [0, 0.1) is 18.7 Å². The summed E-state index contributed by atoms with van der Waals surface area (Å²) in [4.78, 5) is 26.2. The molecule has 4 aliphatic rings. The molecule has 7 rings (SSSR count). The van der Waals surface area contributed by atoms with Gasteiger partial charge in [0.1, 0.15) is 11.6 Å². The van der Waals surface area contributed by atoms with Gasteiger partial charge in [-0.05, 0) is 69.3 Å². The van der Waals surface area contributed by atoms with Gasteiger partial charge in [-0.2, -0.15) is 5.10 Å². The number of aryl methyl sites for hydroxylation is 1. The fourth-order valence-corrected chi connectivity index (χ4v) is 5.70. The van der Waals surface area contributed by atoms with E-state index in [1.165, 1.54) is 12.4 Å². The van der Waals surface area contributed by atoms with E-state index in [0.717, 1.165) is 68.9 Å². The van der Waals surface area contributed by atoms with Crippen molar-refractivity contribution in [2.45, 2.75) is 44.7 Å². The largest absolute Gasteiger partial charge is 0.413 e. The number of anilines is 1. The van der Waals surface area contributed by atoms with Crippen LogP contribution in [0.5, 0.6) is 5.75 Å². The highest BCUT2D eigenvalue weighted by Crippen LogP contribution is 2.37. The van der Waals surface area contributed by atoms with Crippen molar-refractivity contribution in [3.05, 3.63) is 47.8 Å². The monoisotopic (exact) mass is 465 g/mol. The van der Waals surface area contributed by atoms with Gasteiger partial charge in [-0.3, -0.25) is 4.98 Å². The molecule has 0 unspecified atom stereocenters. The van der Waals surface area contributed by atoms with Gasteiger partial charge < -0.3 is 19.9 Å². The van der Waals surface area contributed by atoms with Gasteiger partial charge >= 0.3 is 6.09 Å². The second kappa shape index (κ2) is 8.50. The third kappa shape index (κ3) is 3.85. The van der Waals surface area contributed by atoms with Crippen molar-refractivity contribution >= 4 is 17.6 Å². The molecule has 4 fully saturated rings. The first-order chi connectivity index (χ1) is 16.5. The molecule has 0 radical (unpaired) electrons. The molecule has 3 aromatic rings. The Bertz CT molecular complexity index is 1220. The van der Waals surface area contributed by atoms with E-state index in [0.29, 0.717) is 17.3 Å². The molecule has 0 spiro atoms. The molecule has 2 atom stereocenters. The summed E-state index contributed by atoms with van der Waals surface area (Å²) in [5.74, 6) is 1.23. The lowest BCUT2D eigenvalue weighted by molar-refractivity contribution is 0.0725. The van der Waals surface area contributed by atoms with Gasteiger partial charge in [0, 0.05) is 31.0 Å². The number of hydrogen-bond donors (Lipinski definition) is 1. The van der Waals surface area contributed by atoms with E-state index in [9.17, 15) is 9.18 Å². The summed E-state index contributed by atoms with van der Waals surface area (Å²) in [7, 11) is 0. The third-order valence-electron chi connectivity index (χ3n) is 7.48. The smallest absolute Gasteiger partial charge is 0.405 e. The molecule has 9 nitrogen and oxygen atoms in total. The summed E-state index contributed by atoms with van der Waals surface area (Å²) in [6.07, 6.45) is 8.20. The summed E-state index contributed by atoms with van der Waals surface area (Å²) >= 11 is 0. The zero-order chi connectivity index (χ0) is 23.2. The maximum Gasteiger partial charge on any atom is 0.413 e. The first-order valence-corrected chi connectivity index (χ1v) is 12.0. The Labute approximate surface area is 196 Å². The zero-order valence-electron chi connectivity index (χ0n) is 19.2. The molecule has 3 aromatic heterocycles. The van der Waals surface area contributed by atoms with Gasteiger partial charge in [0.15, 0.2) is 5.75 Å². The number of amides is 1. The molecule has 178 valence electrons. The number of carbonyl (C=O) groups is 1. The Balaban J connectivity index is 1.22. The summed E-state index contributed by atoms with van der Waals surface area (Å²) < 4.78 is 21.2. The molecule has 0 aromatic carbocycles. The average molecular weight is 466 g/mol. The Morgan fingerprint density at radius 3 is 2.85 bits per heavy atom. The molecule has 10 heteroatoms.